The molecule has 0 saturated carbocycles. The van der Waals surface area contributed by atoms with E-state index in [9.17, 15) is 14.7 Å². The topological polar surface area (TPSA) is 115 Å². The molecule has 0 spiro atoms. The van der Waals surface area contributed by atoms with Gasteiger partial charge in [-0.2, -0.15) is 0 Å². The van der Waals surface area contributed by atoms with Crippen LogP contribution < -0.4 is 10.6 Å². The van der Waals surface area contributed by atoms with Crippen LogP contribution in [0.15, 0.2) is 54.7 Å². The lowest BCUT2D eigenvalue weighted by molar-refractivity contribution is -0.136. The Morgan fingerprint density at radius 1 is 1.15 bits per heavy atom. The quantitative estimate of drug-likeness (QED) is 0.248. The number of rotatable bonds is 11. The van der Waals surface area contributed by atoms with Gasteiger partial charge < -0.3 is 25.7 Å². The zero-order chi connectivity index (χ0) is 27.8. The van der Waals surface area contributed by atoms with Crippen LogP contribution in [-0.4, -0.2) is 65.3 Å². The molecule has 208 valence electrons. The lowest BCUT2D eigenvalue weighted by atomic mass is 9.72. The minimum atomic E-state index is -1.34. The summed E-state index contributed by atoms with van der Waals surface area (Å²) >= 11 is 6.81. The van der Waals surface area contributed by atoms with E-state index in [2.05, 4.69) is 15.6 Å². The van der Waals surface area contributed by atoms with E-state index < -0.39 is 11.7 Å². The van der Waals surface area contributed by atoms with E-state index >= 15 is 0 Å². The number of nitrogens with zero attached hydrogens (tertiary/aromatic N) is 2. The summed E-state index contributed by atoms with van der Waals surface area (Å²) in [7, 11) is 1.87. The van der Waals surface area contributed by atoms with Crippen LogP contribution in [0.2, 0.25) is 5.02 Å². The number of halogens is 1. The number of benzene rings is 2. The molecule has 1 aromatic heterocycles. The molecule has 4 N–H and O–H groups in total. The summed E-state index contributed by atoms with van der Waals surface area (Å²) in [6.07, 6.45) is 4.16. The van der Waals surface area contributed by atoms with Gasteiger partial charge in [0.2, 0.25) is 5.91 Å². The first-order valence-corrected chi connectivity index (χ1v) is 14.0. The highest BCUT2D eigenvalue weighted by atomic mass is 35.5. The van der Waals surface area contributed by atoms with E-state index in [0.29, 0.717) is 48.5 Å². The Morgan fingerprint density at radius 2 is 1.97 bits per heavy atom. The Hall–Kier alpha value is -3.20. The van der Waals surface area contributed by atoms with Crippen molar-refractivity contribution in [3.05, 3.63) is 65.3 Å². The minimum absolute atomic E-state index is 0.0925. The van der Waals surface area contributed by atoms with Crippen LogP contribution in [0.1, 0.15) is 44.1 Å². The number of carboxylic acid groups (broad SMARTS) is 1. The van der Waals surface area contributed by atoms with Crippen LogP contribution in [-0.2, 0) is 10.4 Å². The zero-order valence-corrected chi connectivity index (χ0v) is 23.1. The average molecular weight is 553 g/mol. The van der Waals surface area contributed by atoms with Gasteiger partial charge >= 0.3 is 6.09 Å². The van der Waals surface area contributed by atoms with Crippen LogP contribution in [0.4, 0.5) is 4.79 Å². The molecule has 8 nitrogen and oxygen atoms in total. The van der Waals surface area contributed by atoms with E-state index in [-0.39, 0.29) is 18.4 Å². The summed E-state index contributed by atoms with van der Waals surface area (Å²) in [4.78, 5) is 30.6. The number of aromatic nitrogens is 1. The number of aliphatic hydroxyl groups is 1. The number of carbonyl (C=O) groups is 2. The smallest absolute Gasteiger partial charge is 0.404 e. The lowest BCUT2D eigenvalue weighted by Gasteiger charge is -2.44. The second-order valence-electron chi connectivity index (χ2n) is 10.2. The summed E-state index contributed by atoms with van der Waals surface area (Å²) in [6.45, 7) is 2.09. The molecular weight excluding hydrogens is 516 g/mol. The van der Waals surface area contributed by atoms with Gasteiger partial charge in [0.25, 0.3) is 0 Å². The van der Waals surface area contributed by atoms with Gasteiger partial charge in [-0.05, 0) is 69.5 Å². The fourth-order valence-electron chi connectivity index (χ4n) is 5.67. The molecule has 1 aliphatic heterocycles. The fourth-order valence-corrected chi connectivity index (χ4v) is 5.95. The number of hydrogen-bond acceptors (Lipinski definition) is 5. The SMILES string of the molecule is CNCCCC(=O)N1CCCC(C(O)(CCCNC(=O)O)c2cccc(Cl)c2-c2cnc3ccccc3c2)C1. The molecule has 0 bridgehead atoms. The molecule has 1 saturated heterocycles. The van der Waals surface area contributed by atoms with Crippen molar-refractivity contribution >= 4 is 34.5 Å². The van der Waals surface area contributed by atoms with Crippen molar-refractivity contribution in [1.82, 2.24) is 20.5 Å². The molecule has 3 aromatic rings. The van der Waals surface area contributed by atoms with Crippen molar-refractivity contribution in [2.75, 3.05) is 33.2 Å². The summed E-state index contributed by atoms with van der Waals surface area (Å²) in [5.41, 5.74) is 1.72. The molecule has 2 aromatic carbocycles. The van der Waals surface area contributed by atoms with Gasteiger partial charge in [0, 0.05) is 59.7 Å². The third-order valence-corrected chi connectivity index (χ3v) is 7.95. The first-order valence-electron chi connectivity index (χ1n) is 13.6. The monoisotopic (exact) mass is 552 g/mol. The van der Waals surface area contributed by atoms with Crippen molar-refractivity contribution in [3.8, 4) is 11.1 Å². The fraction of sp³-hybridized carbons (Fsp3) is 0.433. The Bertz CT molecular complexity index is 1300. The van der Waals surface area contributed by atoms with Gasteiger partial charge in [0.1, 0.15) is 0 Å². The number of para-hydroxylation sites is 1. The first kappa shape index (κ1) is 28.8. The summed E-state index contributed by atoms with van der Waals surface area (Å²) in [6, 6.07) is 15.4. The maximum atomic E-state index is 13.0. The van der Waals surface area contributed by atoms with Gasteiger partial charge in [-0.1, -0.05) is 41.9 Å². The molecule has 2 amide bonds. The normalized spacial score (nSPS) is 17.1. The Kier molecular flexibility index (Phi) is 9.78. The first-order chi connectivity index (χ1) is 18.8. The summed E-state index contributed by atoms with van der Waals surface area (Å²) in [5, 5.41) is 28.6. The molecule has 0 radical (unpaired) electrons. The van der Waals surface area contributed by atoms with Crippen molar-refractivity contribution in [3.63, 3.8) is 0 Å². The second-order valence-corrected chi connectivity index (χ2v) is 10.6. The van der Waals surface area contributed by atoms with Crippen LogP contribution in [0.5, 0.6) is 0 Å². The van der Waals surface area contributed by atoms with Gasteiger partial charge in [-0.15, -0.1) is 0 Å². The standard InChI is InChI=1S/C30H37ClN4O4/c1-32-15-5-13-27(36)35-17-6-9-23(20-35)30(39,14-7-16-33-29(37)38)24-10-4-11-25(31)28(24)22-18-21-8-2-3-12-26(21)34-19-22/h2-4,8,10-12,18-19,23,32-33,39H,5-7,9,13-17,20H2,1H3,(H,37,38). The van der Waals surface area contributed by atoms with Gasteiger partial charge in [0.15, 0.2) is 0 Å². The largest absolute Gasteiger partial charge is 0.465 e. The second kappa shape index (κ2) is 13.2. The molecule has 39 heavy (non-hydrogen) atoms. The molecule has 1 fully saturated rings. The highest BCUT2D eigenvalue weighted by Crippen LogP contribution is 2.45. The highest BCUT2D eigenvalue weighted by Gasteiger charge is 2.42. The molecule has 1 aliphatic rings. The molecule has 4 rings (SSSR count). The predicted octanol–water partition coefficient (Wildman–Crippen LogP) is 5.03. The molecule has 0 aliphatic carbocycles. The molecule has 2 atom stereocenters. The van der Waals surface area contributed by atoms with Crippen molar-refractivity contribution in [2.45, 2.75) is 44.1 Å². The highest BCUT2D eigenvalue weighted by molar-refractivity contribution is 6.33. The zero-order valence-electron chi connectivity index (χ0n) is 22.3. The number of likely N-dealkylation sites (tertiary alicyclic amines) is 1. The van der Waals surface area contributed by atoms with E-state index in [0.717, 1.165) is 42.3 Å². The number of fused-ring (bicyclic) bond motifs is 1. The molecule has 9 heteroatoms. The summed E-state index contributed by atoms with van der Waals surface area (Å²) in [5.74, 6) is -0.148. The maximum Gasteiger partial charge on any atom is 0.404 e. The Labute approximate surface area is 234 Å². The van der Waals surface area contributed by atoms with Crippen LogP contribution in [0.3, 0.4) is 0 Å². The van der Waals surface area contributed by atoms with Gasteiger partial charge in [0.05, 0.1) is 11.1 Å². The van der Waals surface area contributed by atoms with Crippen LogP contribution in [0, 0.1) is 5.92 Å². The van der Waals surface area contributed by atoms with E-state index in [1.54, 1.807) is 12.3 Å². The van der Waals surface area contributed by atoms with E-state index in [4.69, 9.17) is 16.7 Å². The predicted molar refractivity (Wildman–Crippen MR) is 154 cm³/mol. The Balaban J connectivity index is 1.72. The lowest BCUT2D eigenvalue weighted by Crippen LogP contribution is -2.48. The number of piperidine rings is 1. The van der Waals surface area contributed by atoms with Crippen LogP contribution in [0.25, 0.3) is 22.0 Å². The van der Waals surface area contributed by atoms with Gasteiger partial charge in [-0.3, -0.25) is 9.78 Å². The Morgan fingerprint density at radius 3 is 2.77 bits per heavy atom. The van der Waals surface area contributed by atoms with E-state index in [1.807, 2.05) is 54.4 Å². The van der Waals surface area contributed by atoms with Gasteiger partial charge in [-0.25, -0.2) is 4.79 Å². The third-order valence-electron chi connectivity index (χ3n) is 7.64. The average Bonchev–Trinajstić information content (AvgIpc) is 2.95. The number of hydrogen-bond donors (Lipinski definition) is 4. The van der Waals surface area contributed by atoms with Crippen molar-refractivity contribution < 1.29 is 19.8 Å². The molecule has 2 heterocycles. The number of amides is 2. The van der Waals surface area contributed by atoms with Crippen molar-refractivity contribution in [1.29, 1.82) is 0 Å². The van der Waals surface area contributed by atoms with E-state index in [1.165, 1.54) is 0 Å². The summed E-state index contributed by atoms with van der Waals surface area (Å²) < 4.78 is 0. The number of nitrogens with one attached hydrogen (secondary N) is 2. The molecule has 2 unspecified atom stereocenters. The van der Waals surface area contributed by atoms with Crippen LogP contribution >= 0.6 is 11.6 Å². The number of pyridine rings is 1. The minimum Gasteiger partial charge on any atom is -0.465 e. The molecular formula is C30H37ClN4O4. The maximum absolute atomic E-state index is 13.0. The van der Waals surface area contributed by atoms with Crippen molar-refractivity contribution in [2.24, 2.45) is 5.92 Å². The third kappa shape index (κ3) is 6.87. The number of carbonyl (C=O) groups excluding carboxylic acids is 1.